The molecule has 1 aliphatic rings. The Kier molecular flexibility index (Phi) is 4.10. The molecule has 3 heteroatoms. The molecule has 1 aromatic rings. The summed E-state index contributed by atoms with van der Waals surface area (Å²) in [6.45, 7) is 0.737. The standard InChI is InChI=1S/C13H17BrO2/c1-15-12-8-10-4-2-5-11(10)9-13(12)16-7-3-6-14/h8-9H,2-7H2,1H3. The molecule has 0 unspecified atom stereocenters. The highest BCUT2D eigenvalue weighted by Crippen LogP contribution is 2.34. The van der Waals surface area contributed by atoms with Crippen molar-refractivity contribution in [3.05, 3.63) is 23.3 Å². The molecule has 0 N–H and O–H groups in total. The van der Waals surface area contributed by atoms with Gasteiger partial charge in [-0.05, 0) is 48.9 Å². The van der Waals surface area contributed by atoms with Crippen LogP contribution in [0, 0.1) is 0 Å². The van der Waals surface area contributed by atoms with Gasteiger partial charge in [-0.1, -0.05) is 15.9 Å². The SMILES string of the molecule is COc1cc2c(cc1OCCCBr)CCC2. The van der Waals surface area contributed by atoms with E-state index in [1.54, 1.807) is 7.11 Å². The zero-order chi connectivity index (χ0) is 11.4. The maximum Gasteiger partial charge on any atom is 0.161 e. The van der Waals surface area contributed by atoms with E-state index in [2.05, 4.69) is 28.1 Å². The van der Waals surface area contributed by atoms with Gasteiger partial charge in [-0.2, -0.15) is 0 Å². The van der Waals surface area contributed by atoms with Gasteiger partial charge in [-0.25, -0.2) is 0 Å². The zero-order valence-electron chi connectivity index (χ0n) is 9.59. The molecule has 0 amide bonds. The van der Waals surface area contributed by atoms with Gasteiger partial charge in [-0.15, -0.1) is 0 Å². The van der Waals surface area contributed by atoms with E-state index in [9.17, 15) is 0 Å². The first-order chi connectivity index (χ1) is 7.85. The molecule has 0 aromatic heterocycles. The molecule has 0 heterocycles. The minimum absolute atomic E-state index is 0.737. The fraction of sp³-hybridized carbons (Fsp3) is 0.538. The van der Waals surface area contributed by atoms with Gasteiger partial charge in [-0.3, -0.25) is 0 Å². The van der Waals surface area contributed by atoms with Crippen molar-refractivity contribution in [3.63, 3.8) is 0 Å². The number of ether oxygens (including phenoxy) is 2. The van der Waals surface area contributed by atoms with Crippen LogP contribution in [0.1, 0.15) is 24.0 Å². The largest absolute Gasteiger partial charge is 0.493 e. The van der Waals surface area contributed by atoms with Crippen molar-refractivity contribution < 1.29 is 9.47 Å². The molecule has 2 rings (SSSR count). The van der Waals surface area contributed by atoms with Gasteiger partial charge in [0.1, 0.15) is 0 Å². The lowest BCUT2D eigenvalue weighted by Gasteiger charge is -2.12. The van der Waals surface area contributed by atoms with E-state index < -0.39 is 0 Å². The van der Waals surface area contributed by atoms with Crippen molar-refractivity contribution in [2.24, 2.45) is 0 Å². The molecule has 0 saturated heterocycles. The third kappa shape index (κ3) is 2.51. The summed E-state index contributed by atoms with van der Waals surface area (Å²) in [7, 11) is 1.70. The number of alkyl halides is 1. The van der Waals surface area contributed by atoms with Crippen LogP contribution in [-0.4, -0.2) is 19.0 Å². The number of methoxy groups -OCH3 is 1. The highest BCUT2D eigenvalue weighted by molar-refractivity contribution is 9.09. The van der Waals surface area contributed by atoms with E-state index in [0.717, 1.165) is 29.9 Å². The van der Waals surface area contributed by atoms with Crippen LogP contribution in [0.5, 0.6) is 11.5 Å². The van der Waals surface area contributed by atoms with Crippen molar-refractivity contribution >= 4 is 15.9 Å². The predicted molar refractivity (Wildman–Crippen MR) is 68.9 cm³/mol. The summed E-state index contributed by atoms with van der Waals surface area (Å²) in [5.74, 6) is 1.76. The molecule has 0 saturated carbocycles. The first-order valence-electron chi connectivity index (χ1n) is 5.73. The Labute approximate surface area is 105 Å². The number of benzene rings is 1. The van der Waals surface area contributed by atoms with Crippen LogP contribution in [0.25, 0.3) is 0 Å². The Balaban J connectivity index is 2.15. The Morgan fingerprint density at radius 2 is 1.88 bits per heavy atom. The zero-order valence-corrected chi connectivity index (χ0v) is 11.2. The van der Waals surface area contributed by atoms with Crippen molar-refractivity contribution in [1.29, 1.82) is 0 Å². The molecular weight excluding hydrogens is 268 g/mol. The maximum absolute atomic E-state index is 5.74. The number of aryl methyl sites for hydroxylation is 2. The molecule has 0 spiro atoms. The summed E-state index contributed by atoms with van der Waals surface area (Å²) in [5, 5.41) is 0.972. The van der Waals surface area contributed by atoms with Crippen molar-refractivity contribution in [2.75, 3.05) is 19.0 Å². The average molecular weight is 285 g/mol. The van der Waals surface area contributed by atoms with Crippen LogP contribution < -0.4 is 9.47 Å². The Morgan fingerprint density at radius 1 is 1.19 bits per heavy atom. The first-order valence-corrected chi connectivity index (χ1v) is 6.86. The number of halogens is 1. The summed E-state index contributed by atoms with van der Waals surface area (Å²) in [5.41, 5.74) is 2.85. The third-order valence-corrected chi connectivity index (χ3v) is 3.47. The summed E-state index contributed by atoms with van der Waals surface area (Å²) in [6, 6.07) is 4.28. The van der Waals surface area contributed by atoms with Gasteiger partial charge in [0, 0.05) is 5.33 Å². The molecule has 1 aromatic carbocycles. The number of rotatable bonds is 5. The van der Waals surface area contributed by atoms with E-state index in [4.69, 9.17) is 9.47 Å². The van der Waals surface area contributed by atoms with Crippen molar-refractivity contribution in [2.45, 2.75) is 25.7 Å². The van der Waals surface area contributed by atoms with E-state index >= 15 is 0 Å². The van der Waals surface area contributed by atoms with Crippen LogP contribution in [0.15, 0.2) is 12.1 Å². The monoisotopic (exact) mass is 284 g/mol. The second kappa shape index (κ2) is 5.58. The van der Waals surface area contributed by atoms with E-state index in [-0.39, 0.29) is 0 Å². The molecule has 0 fully saturated rings. The van der Waals surface area contributed by atoms with Crippen molar-refractivity contribution in [3.8, 4) is 11.5 Å². The Bertz CT molecular complexity index is 363. The van der Waals surface area contributed by atoms with E-state index in [0.29, 0.717) is 0 Å². The molecule has 0 aliphatic heterocycles. The number of hydrogen-bond acceptors (Lipinski definition) is 2. The molecule has 0 bridgehead atoms. The highest BCUT2D eigenvalue weighted by Gasteiger charge is 2.15. The Morgan fingerprint density at radius 3 is 2.50 bits per heavy atom. The third-order valence-electron chi connectivity index (χ3n) is 2.91. The van der Waals surface area contributed by atoms with Gasteiger partial charge >= 0.3 is 0 Å². The smallest absolute Gasteiger partial charge is 0.161 e. The molecule has 1 aliphatic carbocycles. The van der Waals surface area contributed by atoms with Crippen LogP contribution in [0.2, 0.25) is 0 Å². The number of fused-ring (bicyclic) bond motifs is 1. The molecule has 0 radical (unpaired) electrons. The first kappa shape index (κ1) is 11.8. The topological polar surface area (TPSA) is 18.5 Å². The molecule has 16 heavy (non-hydrogen) atoms. The lowest BCUT2D eigenvalue weighted by molar-refractivity contribution is 0.295. The molecule has 0 atom stereocenters. The molecule has 2 nitrogen and oxygen atoms in total. The second-order valence-electron chi connectivity index (χ2n) is 4.02. The van der Waals surface area contributed by atoms with Gasteiger partial charge in [0.2, 0.25) is 0 Å². The normalized spacial score (nSPS) is 13.6. The summed E-state index contributed by atoms with van der Waals surface area (Å²) < 4.78 is 11.1. The van der Waals surface area contributed by atoms with Gasteiger partial charge < -0.3 is 9.47 Å². The van der Waals surface area contributed by atoms with E-state index in [1.807, 2.05) is 0 Å². The lowest BCUT2D eigenvalue weighted by Crippen LogP contribution is -2.01. The second-order valence-corrected chi connectivity index (χ2v) is 4.81. The predicted octanol–water partition coefficient (Wildman–Crippen LogP) is 3.35. The van der Waals surface area contributed by atoms with E-state index in [1.165, 1.54) is 30.4 Å². The minimum atomic E-state index is 0.737. The number of hydrogen-bond donors (Lipinski definition) is 0. The minimum Gasteiger partial charge on any atom is -0.493 e. The summed E-state index contributed by atoms with van der Waals surface area (Å²) in [4.78, 5) is 0. The van der Waals surface area contributed by atoms with Gasteiger partial charge in [0.15, 0.2) is 11.5 Å². The van der Waals surface area contributed by atoms with Crippen molar-refractivity contribution in [1.82, 2.24) is 0 Å². The highest BCUT2D eigenvalue weighted by atomic mass is 79.9. The van der Waals surface area contributed by atoms with Crippen LogP contribution in [-0.2, 0) is 12.8 Å². The fourth-order valence-electron chi connectivity index (χ4n) is 2.09. The average Bonchev–Trinajstić information content (AvgIpc) is 2.75. The lowest BCUT2D eigenvalue weighted by atomic mass is 10.1. The maximum atomic E-state index is 5.74. The van der Waals surface area contributed by atoms with Gasteiger partial charge in [0.25, 0.3) is 0 Å². The van der Waals surface area contributed by atoms with Crippen LogP contribution >= 0.6 is 15.9 Å². The Hall–Kier alpha value is -0.700. The van der Waals surface area contributed by atoms with Crippen LogP contribution in [0.4, 0.5) is 0 Å². The molecular formula is C13H17BrO2. The molecule has 88 valence electrons. The van der Waals surface area contributed by atoms with Crippen LogP contribution in [0.3, 0.4) is 0 Å². The summed E-state index contributed by atoms with van der Waals surface area (Å²) in [6.07, 6.45) is 4.62. The van der Waals surface area contributed by atoms with Gasteiger partial charge in [0.05, 0.1) is 13.7 Å². The fourth-order valence-corrected chi connectivity index (χ4v) is 2.32. The quantitative estimate of drug-likeness (QED) is 0.610. The summed E-state index contributed by atoms with van der Waals surface area (Å²) >= 11 is 3.40.